The van der Waals surface area contributed by atoms with Gasteiger partial charge in [-0.25, -0.2) is 4.39 Å². The molecule has 108 valence electrons. The van der Waals surface area contributed by atoms with Crippen molar-refractivity contribution in [1.82, 2.24) is 5.32 Å². The molecule has 0 heterocycles. The van der Waals surface area contributed by atoms with E-state index in [4.69, 9.17) is 0 Å². The molecule has 1 atom stereocenters. The number of anilines is 1. The van der Waals surface area contributed by atoms with Gasteiger partial charge in [0.2, 0.25) is 0 Å². The number of halogens is 1. The highest BCUT2D eigenvalue weighted by atomic mass is 19.1. The summed E-state index contributed by atoms with van der Waals surface area (Å²) in [5.74, 6) is -0.124. The van der Waals surface area contributed by atoms with Crippen LogP contribution in [0.4, 0.5) is 10.1 Å². The second-order valence-electron chi connectivity index (χ2n) is 5.16. The van der Waals surface area contributed by atoms with Crippen LogP contribution in [0.1, 0.15) is 51.6 Å². The summed E-state index contributed by atoms with van der Waals surface area (Å²) < 4.78 is 14.1. The second kappa shape index (κ2) is 8.16. The second-order valence-corrected chi connectivity index (χ2v) is 5.16. The van der Waals surface area contributed by atoms with E-state index in [-0.39, 0.29) is 11.9 Å². The quantitative estimate of drug-likeness (QED) is 0.761. The van der Waals surface area contributed by atoms with Crippen molar-refractivity contribution in [2.75, 3.05) is 25.0 Å². The third-order valence-corrected chi connectivity index (χ3v) is 3.43. The molecule has 0 spiro atoms. The van der Waals surface area contributed by atoms with E-state index in [0.717, 1.165) is 37.9 Å². The number of unbranched alkanes of at least 4 members (excludes halogenated alkanes) is 1. The van der Waals surface area contributed by atoms with Gasteiger partial charge in [-0.15, -0.1) is 0 Å². The van der Waals surface area contributed by atoms with Crippen molar-refractivity contribution < 1.29 is 4.39 Å². The minimum atomic E-state index is -0.124. The minimum absolute atomic E-state index is 0.124. The molecular formula is C16H27FN2. The highest BCUT2D eigenvalue weighted by Gasteiger charge is 2.11. The maximum atomic E-state index is 14.1. The van der Waals surface area contributed by atoms with E-state index in [1.165, 1.54) is 0 Å². The third kappa shape index (κ3) is 4.83. The molecule has 1 N–H and O–H groups in total. The lowest BCUT2D eigenvalue weighted by Crippen LogP contribution is -2.21. The number of nitrogens with one attached hydrogen (secondary N) is 1. The van der Waals surface area contributed by atoms with Gasteiger partial charge in [0.25, 0.3) is 0 Å². The molecule has 1 aromatic carbocycles. The van der Waals surface area contributed by atoms with Crippen molar-refractivity contribution in [2.45, 2.75) is 46.1 Å². The van der Waals surface area contributed by atoms with Gasteiger partial charge in [-0.2, -0.15) is 0 Å². The minimum Gasteiger partial charge on any atom is -0.372 e. The molecular weight excluding hydrogens is 239 g/mol. The Labute approximate surface area is 117 Å². The van der Waals surface area contributed by atoms with E-state index in [1.807, 2.05) is 24.1 Å². The van der Waals surface area contributed by atoms with Crippen molar-refractivity contribution in [2.24, 2.45) is 0 Å². The van der Waals surface area contributed by atoms with Crippen LogP contribution in [0.2, 0.25) is 0 Å². The number of nitrogens with zero attached hydrogens (tertiary/aromatic N) is 1. The number of rotatable bonds is 8. The normalized spacial score (nSPS) is 12.5. The molecule has 1 unspecified atom stereocenters. The van der Waals surface area contributed by atoms with Crippen LogP contribution in [0.5, 0.6) is 0 Å². The zero-order valence-corrected chi connectivity index (χ0v) is 12.7. The summed E-state index contributed by atoms with van der Waals surface area (Å²) in [6, 6.07) is 5.77. The molecule has 0 fully saturated rings. The molecule has 0 aliphatic carbocycles. The Morgan fingerprint density at radius 1 is 1.26 bits per heavy atom. The van der Waals surface area contributed by atoms with Crippen LogP contribution in [0.3, 0.4) is 0 Å². The summed E-state index contributed by atoms with van der Waals surface area (Å²) in [5, 5.41) is 3.38. The monoisotopic (exact) mass is 266 g/mol. The summed E-state index contributed by atoms with van der Waals surface area (Å²) in [6.07, 6.45) is 3.30. The van der Waals surface area contributed by atoms with Crippen LogP contribution in [0.25, 0.3) is 0 Å². The molecule has 0 radical (unpaired) electrons. The van der Waals surface area contributed by atoms with Crippen LogP contribution in [0.15, 0.2) is 18.2 Å². The standard InChI is InChI=1S/C16H27FN2/c1-5-7-11-19(4)16-9-8-14(12-15(16)17)13(3)18-10-6-2/h8-9,12-13,18H,5-7,10-11H2,1-4H3. The SMILES string of the molecule is CCCCN(C)c1ccc(C(C)NCCC)cc1F. The van der Waals surface area contributed by atoms with Crippen LogP contribution >= 0.6 is 0 Å². The zero-order valence-electron chi connectivity index (χ0n) is 12.7. The lowest BCUT2D eigenvalue weighted by atomic mass is 10.1. The summed E-state index contributed by atoms with van der Waals surface area (Å²) in [5.41, 5.74) is 1.71. The first-order valence-corrected chi connectivity index (χ1v) is 7.34. The van der Waals surface area contributed by atoms with Crippen molar-refractivity contribution in [3.8, 4) is 0 Å². The first-order chi connectivity index (χ1) is 9.10. The lowest BCUT2D eigenvalue weighted by molar-refractivity contribution is 0.561. The smallest absolute Gasteiger partial charge is 0.146 e. The van der Waals surface area contributed by atoms with E-state index in [1.54, 1.807) is 6.07 Å². The predicted octanol–water partition coefficient (Wildman–Crippen LogP) is 4.12. The Kier molecular flexibility index (Phi) is 6.85. The molecule has 1 aromatic rings. The van der Waals surface area contributed by atoms with Crippen molar-refractivity contribution >= 4 is 5.69 Å². The first kappa shape index (κ1) is 16.0. The molecule has 19 heavy (non-hydrogen) atoms. The van der Waals surface area contributed by atoms with Crippen molar-refractivity contribution in [1.29, 1.82) is 0 Å². The molecule has 0 saturated heterocycles. The molecule has 0 bridgehead atoms. The molecule has 3 heteroatoms. The lowest BCUT2D eigenvalue weighted by Gasteiger charge is -2.21. The zero-order chi connectivity index (χ0) is 14.3. The maximum absolute atomic E-state index is 14.1. The predicted molar refractivity (Wildman–Crippen MR) is 81.3 cm³/mol. The fourth-order valence-electron chi connectivity index (χ4n) is 2.10. The van der Waals surface area contributed by atoms with Gasteiger partial charge in [0, 0.05) is 19.6 Å². The average Bonchev–Trinajstić information content (AvgIpc) is 2.41. The van der Waals surface area contributed by atoms with Gasteiger partial charge >= 0.3 is 0 Å². The first-order valence-electron chi connectivity index (χ1n) is 7.34. The summed E-state index contributed by atoms with van der Waals surface area (Å²) >= 11 is 0. The van der Waals surface area contributed by atoms with Gasteiger partial charge in [0.05, 0.1) is 5.69 Å². The van der Waals surface area contributed by atoms with E-state index in [9.17, 15) is 4.39 Å². The van der Waals surface area contributed by atoms with E-state index in [0.29, 0.717) is 5.69 Å². The Balaban J connectivity index is 2.73. The third-order valence-electron chi connectivity index (χ3n) is 3.43. The Morgan fingerprint density at radius 2 is 2.00 bits per heavy atom. The van der Waals surface area contributed by atoms with Gasteiger partial charge in [0.1, 0.15) is 5.82 Å². The van der Waals surface area contributed by atoms with Gasteiger partial charge in [-0.1, -0.05) is 26.3 Å². The van der Waals surface area contributed by atoms with E-state index < -0.39 is 0 Å². The Hall–Kier alpha value is -1.09. The van der Waals surface area contributed by atoms with Gasteiger partial charge in [0.15, 0.2) is 0 Å². The molecule has 0 amide bonds. The Bertz CT molecular complexity index is 379. The largest absolute Gasteiger partial charge is 0.372 e. The number of hydrogen-bond acceptors (Lipinski definition) is 2. The van der Waals surface area contributed by atoms with Crippen molar-refractivity contribution in [3.63, 3.8) is 0 Å². The van der Waals surface area contributed by atoms with Crippen LogP contribution in [-0.4, -0.2) is 20.1 Å². The van der Waals surface area contributed by atoms with Gasteiger partial charge < -0.3 is 10.2 Å². The van der Waals surface area contributed by atoms with Crippen LogP contribution in [0, 0.1) is 5.82 Å². The molecule has 0 saturated carbocycles. The van der Waals surface area contributed by atoms with Gasteiger partial charge in [-0.3, -0.25) is 0 Å². The summed E-state index contributed by atoms with van der Waals surface area (Å²) in [7, 11) is 1.95. The van der Waals surface area contributed by atoms with Gasteiger partial charge in [-0.05, 0) is 44.0 Å². The molecule has 0 aliphatic heterocycles. The number of benzene rings is 1. The fourth-order valence-corrected chi connectivity index (χ4v) is 2.10. The summed E-state index contributed by atoms with van der Waals surface area (Å²) in [4.78, 5) is 1.99. The van der Waals surface area contributed by atoms with E-state index >= 15 is 0 Å². The Morgan fingerprint density at radius 3 is 2.58 bits per heavy atom. The highest BCUT2D eigenvalue weighted by Crippen LogP contribution is 2.23. The molecule has 2 nitrogen and oxygen atoms in total. The molecule has 0 aliphatic rings. The topological polar surface area (TPSA) is 15.3 Å². The fraction of sp³-hybridized carbons (Fsp3) is 0.625. The summed E-state index contributed by atoms with van der Waals surface area (Å²) in [6.45, 7) is 8.21. The highest BCUT2D eigenvalue weighted by molar-refractivity contribution is 5.48. The molecule has 0 aromatic heterocycles. The van der Waals surface area contributed by atoms with Crippen LogP contribution in [-0.2, 0) is 0 Å². The number of hydrogen-bond donors (Lipinski definition) is 1. The average molecular weight is 266 g/mol. The molecule has 1 rings (SSSR count). The van der Waals surface area contributed by atoms with E-state index in [2.05, 4.69) is 26.1 Å². The van der Waals surface area contributed by atoms with Crippen LogP contribution < -0.4 is 10.2 Å². The van der Waals surface area contributed by atoms with Crippen molar-refractivity contribution in [3.05, 3.63) is 29.6 Å². The maximum Gasteiger partial charge on any atom is 0.146 e.